The Morgan fingerprint density at radius 1 is 1.00 bits per heavy atom. The third kappa shape index (κ3) is 2.04. The lowest BCUT2D eigenvalue weighted by Gasteiger charge is -2.09. The number of hydrogen-bond acceptors (Lipinski definition) is 1. The molecule has 0 aliphatic heterocycles. The highest BCUT2D eigenvalue weighted by molar-refractivity contribution is 7.71. The van der Waals surface area contributed by atoms with Crippen molar-refractivity contribution in [3.05, 3.63) is 57.9 Å². The minimum atomic E-state index is -1.49. The summed E-state index contributed by atoms with van der Waals surface area (Å²) in [5, 5.41) is 0. The van der Waals surface area contributed by atoms with Gasteiger partial charge in [-0.2, -0.15) is 0 Å². The zero-order chi connectivity index (χ0) is 15.3. The number of H-pyrrole nitrogens is 1. The van der Waals surface area contributed by atoms with Crippen molar-refractivity contribution in [2.24, 2.45) is 0 Å². The molecule has 21 heavy (non-hydrogen) atoms. The van der Waals surface area contributed by atoms with Gasteiger partial charge in [0.1, 0.15) is 5.69 Å². The quantitative estimate of drug-likeness (QED) is 0.397. The first-order valence-corrected chi connectivity index (χ1v) is 6.35. The Kier molecular flexibility index (Phi) is 3.09. The zero-order valence-corrected chi connectivity index (χ0v) is 11.5. The highest BCUT2D eigenvalue weighted by Gasteiger charge is 2.22. The lowest BCUT2D eigenvalue weighted by atomic mass is 10.2. The maximum atomic E-state index is 14.0. The van der Waals surface area contributed by atoms with Crippen LogP contribution < -0.4 is 0 Å². The van der Waals surface area contributed by atoms with E-state index in [1.165, 1.54) is 0 Å². The number of halogens is 4. The van der Waals surface area contributed by atoms with Gasteiger partial charge in [-0.1, -0.05) is 6.07 Å². The maximum absolute atomic E-state index is 14.0. The molecule has 0 saturated heterocycles. The first-order valence-electron chi connectivity index (χ1n) is 5.95. The molecule has 0 radical (unpaired) electrons. The van der Waals surface area contributed by atoms with Gasteiger partial charge in [0.2, 0.25) is 0 Å². The molecule has 0 bridgehead atoms. The van der Waals surface area contributed by atoms with Crippen molar-refractivity contribution in [1.82, 2.24) is 9.55 Å². The van der Waals surface area contributed by atoms with Gasteiger partial charge in [-0.25, -0.2) is 17.6 Å². The van der Waals surface area contributed by atoms with Gasteiger partial charge in [-0.15, -0.1) is 0 Å². The molecule has 0 amide bonds. The third-order valence-electron chi connectivity index (χ3n) is 3.15. The molecular weight excluding hydrogens is 304 g/mol. The molecule has 1 heterocycles. The number of hydrogen-bond donors (Lipinski definition) is 1. The van der Waals surface area contributed by atoms with E-state index in [-0.39, 0.29) is 10.8 Å². The van der Waals surface area contributed by atoms with Gasteiger partial charge in [-0.3, -0.25) is 4.57 Å². The summed E-state index contributed by atoms with van der Waals surface area (Å²) in [6.07, 6.45) is 0. The summed E-state index contributed by atoms with van der Waals surface area (Å²) in [6.45, 7) is 1.78. The molecule has 3 rings (SSSR count). The van der Waals surface area contributed by atoms with E-state index in [4.69, 9.17) is 12.2 Å². The van der Waals surface area contributed by atoms with Crippen molar-refractivity contribution in [3.8, 4) is 5.69 Å². The summed E-state index contributed by atoms with van der Waals surface area (Å²) < 4.78 is 55.6. The maximum Gasteiger partial charge on any atom is 0.186 e. The van der Waals surface area contributed by atoms with E-state index in [9.17, 15) is 17.6 Å². The van der Waals surface area contributed by atoms with Crippen molar-refractivity contribution in [2.75, 3.05) is 0 Å². The first kappa shape index (κ1) is 13.8. The number of imidazole rings is 1. The van der Waals surface area contributed by atoms with Gasteiger partial charge in [0, 0.05) is 6.07 Å². The number of nitrogens with zero attached hydrogens (tertiary/aromatic N) is 1. The normalized spacial score (nSPS) is 11.3. The molecule has 0 fully saturated rings. The second-order valence-electron chi connectivity index (χ2n) is 4.60. The fourth-order valence-corrected chi connectivity index (χ4v) is 2.49. The van der Waals surface area contributed by atoms with Crippen LogP contribution in [-0.4, -0.2) is 9.55 Å². The Balaban J connectivity index is 2.49. The summed E-state index contributed by atoms with van der Waals surface area (Å²) in [6, 6.07) is 5.22. The predicted molar refractivity (Wildman–Crippen MR) is 73.0 cm³/mol. The molecule has 0 aliphatic carbocycles. The second kappa shape index (κ2) is 4.70. The molecule has 0 unspecified atom stereocenters. The topological polar surface area (TPSA) is 20.7 Å². The molecule has 3 aromatic rings. The zero-order valence-electron chi connectivity index (χ0n) is 10.7. The minimum absolute atomic E-state index is 0.0570. The van der Waals surface area contributed by atoms with E-state index in [1.807, 2.05) is 0 Å². The van der Waals surface area contributed by atoms with E-state index in [0.717, 1.165) is 10.1 Å². The number of aromatic amines is 1. The standard InChI is InChI=1S/C14H8F4N2S/c1-6-2-3-9-10(4-6)20(14(21)19-9)13-11(17)7(15)5-8(16)12(13)18/h2-5H,1H3,(H,19,21). The van der Waals surface area contributed by atoms with E-state index in [2.05, 4.69) is 4.98 Å². The van der Waals surface area contributed by atoms with Gasteiger partial charge in [0.15, 0.2) is 28.0 Å². The van der Waals surface area contributed by atoms with Gasteiger partial charge < -0.3 is 4.98 Å². The molecule has 0 spiro atoms. The van der Waals surface area contributed by atoms with Crippen molar-refractivity contribution in [1.29, 1.82) is 0 Å². The predicted octanol–water partition coefficient (Wildman–Crippen LogP) is 4.55. The van der Waals surface area contributed by atoms with Crippen molar-refractivity contribution in [3.63, 3.8) is 0 Å². The van der Waals surface area contributed by atoms with Crippen LogP contribution in [0.3, 0.4) is 0 Å². The Bertz CT molecular complexity index is 901. The third-order valence-corrected chi connectivity index (χ3v) is 3.44. The Hall–Kier alpha value is -2.15. The highest BCUT2D eigenvalue weighted by atomic mass is 32.1. The van der Waals surface area contributed by atoms with Gasteiger partial charge >= 0.3 is 0 Å². The van der Waals surface area contributed by atoms with Crippen LogP contribution in [-0.2, 0) is 0 Å². The summed E-state index contributed by atoms with van der Waals surface area (Å²) in [4.78, 5) is 2.75. The first-order chi connectivity index (χ1) is 9.90. The number of benzene rings is 2. The SMILES string of the molecule is Cc1ccc2[nH]c(=S)n(-c3c(F)c(F)cc(F)c3F)c2c1. The van der Waals surface area contributed by atoms with Crippen LogP contribution in [0.4, 0.5) is 17.6 Å². The summed E-state index contributed by atoms with van der Waals surface area (Å²) in [5.74, 6) is -5.94. The highest BCUT2D eigenvalue weighted by Crippen LogP contribution is 2.27. The van der Waals surface area contributed by atoms with E-state index in [1.54, 1.807) is 25.1 Å². The molecule has 7 heteroatoms. The number of rotatable bonds is 1. The summed E-state index contributed by atoms with van der Waals surface area (Å²) >= 11 is 5.01. The average molecular weight is 312 g/mol. The summed E-state index contributed by atoms with van der Waals surface area (Å²) in [5.41, 5.74) is 0.786. The largest absolute Gasteiger partial charge is 0.330 e. The van der Waals surface area contributed by atoms with Crippen molar-refractivity contribution in [2.45, 2.75) is 6.92 Å². The number of aromatic nitrogens is 2. The smallest absolute Gasteiger partial charge is 0.186 e. The molecule has 108 valence electrons. The minimum Gasteiger partial charge on any atom is -0.330 e. The Morgan fingerprint density at radius 2 is 1.62 bits per heavy atom. The van der Waals surface area contributed by atoms with Crippen LogP contribution in [0.1, 0.15) is 5.56 Å². The number of aryl methyl sites for hydroxylation is 1. The van der Waals surface area contributed by atoms with Gasteiger partial charge in [0.25, 0.3) is 0 Å². The fraction of sp³-hybridized carbons (Fsp3) is 0.0714. The van der Waals surface area contributed by atoms with Gasteiger partial charge in [0.05, 0.1) is 11.0 Å². The second-order valence-corrected chi connectivity index (χ2v) is 4.99. The lowest BCUT2D eigenvalue weighted by molar-refractivity contribution is 0.448. The molecule has 1 aromatic heterocycles. The lowest BCUT2D eigenvalue weighted by Crippen LogP contribution is -2.06. The molecule has 0 atom stereocenters. The molecule has 1 N–H and O–H groups in total. The number of fused-ring (bicyclic) bond motifs is 1. The Labute approximate surface area is 121 Å². The van der Waals surface area contributed by atoms with Crippen molar-refractivity contribution >= 4 is 23.3 Å². The van der Waals surface area contributed by atoms with Crippen LogP contribution in [0.5, 0.6) is 0 Å². The molecule has 0 saturated carbocycles. The van der Waals surface area contributed by atoms with Crippen LogP contribution in [0.25, 0.3) is 16.7 Å². The van der Waals surface area contributed by atoms with Crippen LogP contribution in [0.2, 0.25) is 0 Å². The van der Waals surface area contributed by atoms with Crippen LogP contribution >= 0.6 is 12.2 Å². The van der Waals surface area contributed by atoms with E-state index < -0.39 is 29.0 Å². The van der Waals surface area contributed by atoms with Crippen molar-refractivity contribution < 1.29 is 17.6 Å². The van der Waals surface area contributed by atoms with E-state index in [0.29, 0.717) is 11.0 Å². The molecule has 0 aliphatic rings. The molecular formula is C14H8F4N2S. The molecule has 2 nitrogen and oxygen atoms in total. The average Bonchev–Trinajstić information content (AvgIpc) is 2.73. The van der Waals surface area contributed by atoms with E-state index >= 15 is 0 Å². The van der Waals surface area contributed by atoms with Crippen LogP contribution in [0, 0.1) is 35.0 Å². The fourth-order valence-electron chi connectivity index (χ4n) is 2.19. The summed E-state index contributed by atoms with van der Waals surface area (Å²) in [7, 11) is 0. The van der Waals surface area contributed by atoms with Crippen LogP contribution in [0.15, 0.2) is 24.3 Å². The Morgan fingerprint density at radius 3 is 2.24 bits per heavy atom. The van der Waals surface area contributed by atoms with Gasteiger partial charge in [-0.05, 0) is 36.8 Å². The number of nitrogens with one attached hydrogen (secondary N) is 1. The monoisotopic (exact) mass is 312 g/mol. The molecule has 2 aromatic carbocycles.